The van der Waals surface area contributed by atoms with E-state index in [9.17, 15) is 4.79 Å². The molecule has 116 valence electrons. The molecule has 0 unspecified atom stereocenters. The topological polar surface area (TPSA) is 58.8 Å². The van der Waals surface area contributed by atoms with Gasteiger partial charge in [0.25, 0.3) is 5.91 Å². The van der Waals surface area contributed by atoms with E-state index in [4.69, 9.17) is 9.15 Å². The number of aromatic nitrogens is 1. The highest BCUT2D eigenvalue weighted by Gasteiger charge is 2.29. The van der Waals surface area contributed by atoms with Crippen molar-refractivity contribution in [2.45, 2.75) is 31.7 Å². The Morgan fingerprint density at radius 3 is 2.90 bits per heavy atom. The number of oxazole rings is 1. The second-order valence-corrected chi connectivity index (χ2v) is 5.76. The first kappa shape index (κ1) is 14.5. The van der Waals surface area contributed by atoms with Gasteiger partial charge in [-0.1, -0.05) is 0 Å². The maximum atomic E-state index is 12.5. The standard InChI is InChI=1S/C15H23N3O3/c19-15(14-11-16-12-21-14)18-5-2-1-3-13(18)4-6-17-7-9-20-10-8-17/h11-13H,1-10H2/t13-/m1/s1. The lowest BCUT2D eigenvalue weighted by Gasteiger charge is -2.37. The Morgan fingerprint density at radius 2 is 2.14 bits per heavy atom. The van der Waals surface area contributed by atoms with Crippen LogP contribution in [0.3, 0.4) is 0 Å². The second-order valence-electron chi connectivity index (χ2n) is 5.76. The highest BCUT2D eigenvalue weighted by atomic mass is 16.5. The van der Waals surface area contributed by atoms with Crippen LogP contribution in [0.4, 0.5) is 0 Å². The predicted octanol–water partition coefficient (Wildman–Crippen LogP) is 1.39. The Bertz CT molecular complexity index is 443. The van der Waals surface area contributed by atoms with Crippen LogP contribution in [0.1, 0.15) is 36.2 Å². The molecule has 1 amide bonds. The summed E-state index contributed by atoms with van der Waals surface area (Å²) in [4.78, 5) is 20.7. The van der Waals surface area contributed by atoms with Gasteiger partial charge in [0.15, 0.2) is 6.39 Å². The zero-order chi connectivity index (χ0) is 14.5. The maximum absolute atomic E-state index is 12.5. The minimum absolute atomic E-state index is 0.0147. The molecular weight excluding hydrogens is 270 g/mol. The van der Waals surface area contributed by atoms with E-state index in [1.165, 1.54) is 19.0 Å². The Balaban J connectivity index is 1.57. The van der Waals surface area contributed by atoms with Gasteiger partial charge in [-0.15, -0.1) is 0 Å². The Kier molecular flexibility index (Phi) is 4.87. The minimum Gasteiger partial charge on any atom is -0.438 e. The highest BCUT2D eigenvalue weighted by Crippen LogP contribution is 2.22. The van der Waals surface area contributed by atoms with Crippen LogP contribution in [0.15, 0.2) is 17.0 Å². The third kappa shape index (κ3) is 3.63. The molecule has 1 atom stereocenters. The summed E-state index contributed by atoms with van der Waals surface area (Å²) in [5.41, 5.74) is 0. The van der Waals surface area contributed by atoms with Gasteiger partial charge < -0.3 is 14.1 Å². The molecule has 0 saturated carbocycles. The van der Waals surface area contributed by atoms with E-state index in [0.29, 0.717) is 11.8 Å². The Morgan fingerprint density at radius 1 is 1.29 bits per heavy atom. The van der Waals surface area contributed by atoms with Gasteiger partial charge in [-0.05, 0) is 25.7 Å². The van der Waals surface area contributed by atoms with Crippen LogP contribution < -0.4 is 0 Å². The first-order valence-corrected chi connectivity index (χ1v) is 7.84. The molecule has 2 aliphatic heterocycles. The van der Waals surface area contributed by atoms with Gasteiger partial charge in [0.05, 0.1) is 19.4 Å². The molecule has 1 aromatic rings. The molecule has 2 saturated heterocycles. The predicted molar refractivity (Wildman–Crippen MR) is 77.1 cm³/mol. The highest BCUT2D eigenvalue weighted by molar-refractivity contribution is 5.91. The molecule has 0 aromatic carbocycles. The van der Waals surface area contributed by atoms with E-state index in [1.54, 1.807) is 0 Å². The zero-order valence-electron chi connectivity index (χ0n) is 12.4. The monoisotopic (exact) mass is 293 g/mol. The fourth-order valence-corrected chi connectivity index (χ4v) is 3.19. The lowest BCUT2D eigenvalue weighted by molar-refractivity contribution is 0.0290. The number of morpholine rings is 1. The van der Waals surface area contributed by atoms with Crippen molar-refractivity contribution >= 4 is 5.91 Å². The van der Waals surface area contributed by atoms with Crippen molar-refractivity contribution in [1.29, 1.82) is 0 Å². The third-order valence-electron chi connectivity index (χ3n) is 4.41. The molecule has 0 N–H and O–H groups in total. The van der Waals surface area contributed by atoms with Gasteiger partial charge in [-0.3, -0.25) is 9.69 Å². The van der Waals surface area contributed by atoms with E-state index in [0.717, 1.165) is 58.7 Å². The van der Waals surface area contributed by atoms with Gasteiger partial charge in [0, 0.05) is 32.2 Å². The van der Waals surface area contributed by atoms with E-state index < -0.39 is 0 Å². The number of rotatable bonds is 4. The lowest BCUT2D eigenvalue weighted by atomic mass is 9.98. The third-order valence-corrected chi connectivity index (χ3v) is 4.41. The summed E-state index contributed by atoms with van der Waals surface area (Å²) in [6, 6.07) is 0.319. The van der Waals surface area contributed by atoms with E-state index in [-0.39, 0.29) is 5.91 Å². The van der Waals surface area contributed by atoms with Crippen LogP contribution in [-0.4, -0.2) is 66.1 Å². The number of hydrogen-bond donors (Lipinski definition) is 0. The summed E-state index contributed by atoms with van der Waals surface area (Å²) in [6.07, 6.45) is 7.22. The molecule has 0 bridgehead atoms. The van der Waals surface area contributed by atoms with Crippen LogP contribution in [-0.2, 0) is 4.74 Å². The van der Waals surface area contributed by atoms with Crippen molar-refractivity contribution < 1.29 is 13.9 Å². The summed E-state index contributed by atoms with van der Waals surface area (Å²) in [5.74, 6) is 0.340. The molecule has 3 rings (SSSR count). The summed E-state index contributed by atoms with van der Waals surface area (Å²) in [7, 11) is 0. The largest absolute Gasteiger partial charge is 0.438 e. The molecule has 0 spiro atoms. The quantitative estimate of drug-likeness (QED) is 0.839. The SMILES string of the molecule is O=C(c1cnco1)N1CCCC[C@@H]1CCN1CCOCC1. The van der Waals surface area contributed by atoms with Crippen molar-refractivity contribution in [3.8, 4) is 0 Å². The van der Waals surface area contributed by atoms with Gasteiger partial charge in [-0.2, -0.15) is 0 Å². The number of carbonyl (C=O) groups is 1. The van der Waals surface area contributed by atoms with Crippen molar-refractivity contribution in [3.63, 3.8) is 0 Å². The molecule has 2 aliphatic rings. The minimum atomic E-state index is -0.0147. The van der Waals surface area contributed by atoms with E-state index in [2.05, 4.69) is 9.88 Å². The van der Waals surface area contributed by atoms with Crippen molar-refractivity contribution in [2.24, 2.45) is 0 Å². The van der Waals surface area contributed by atoms with Gasteiger partial charge in [0.1, 0.15) is 0 Å². The van der Waals surface area contributed by atoms with Crippen LogP contribution in [0, 0.1) is 0 Å². The molecule has 0 aliphatic carbocycles. The van der Waals surface area contributed by atoms with Crippen molar-refractivity contribution in [1.82, 2.24) is 14.8 Å². The second kappa shape index (κ2) is 7.04. The van der Waals surface area contributed by atoms with Crippen LogP contribution >= 0.6 is 0 Å². The zero-order valence-corrected chi connectivity index (χ0v) is 12.4. The molecule has 1 aromatic heterocycles. The number of piperidine rings is 1. The Hall–Kier alpha value is -1.40. The van der Waals surface area contributed by atoms with Gasteiger partial charge in [-0.25, -0.2) is 4.98 Å². The molecule has 2 fully saturated rings. The van der Waals surface area contributed by atoms with E-state index >= 15 is 0 Å². The summed E-state index contributed by atoms with van der Waals surface area (Å²) in [6.45, 7) is 5.52. The van der Waals surface area contributed by atoms with Crippen molar-refractivity contribution in [3.05, 3.63) is 18.4 Å². The van der Waals surface area contributed by atoms with Crippen LogP contribution in [0.2, 0.25) is 0 Å². The summed E-state index contributed by atoms with van der Waals surface area (Å²) >= 11 is 0. The van der Waals surface area contributed by atoms with Gasteiger partial charge in [0.2, 0.25) is 5.76 Å². The number of amides is 1. The average Bonchev–Trinajstić information content (AvgIpc) is 3.08. The van der Waals surface area contributed by atoms with Gasteiger partial charge >= 0.3 is 0 Å². The maximum Gasteiger partial charge on any atom is 0.291 e. The molecule has 21 heavy (non-hydrogen) atoms. The molecule has 3 heterocycles. The van der Waals surface area contributed by atoms with Crippen molar-refractivity contribution in [2.75, 3.05) is 39.4 Å². The Labute approximate surface area is 125 Å². The fraction of sp³-hybridized carbons (Fsp3) is 0.733. The number of carbonyl (C=O) groups excluding carboxylic acids is 1. The van der Waals surface area contributed by atoms with Crippen LogP contribution in [0.5, 0.6) is 0 Å². The number of hydrogen-bond acceptors (Lipinski definition) is 5. The smallest absolute Gasteiger partial charge is 0.291 e. The molecular formula is C15H23N3O3. The lowest BCUT2D eigenvalue weighted by Crippen LogP contribution is -2.46. The summed E-state index contributed by atoms with van der Waals surface area (Å²) in [5, 5.41) is 0. The van der Waals surface area contributed by atoms with Crippen LogP contribution in [0.25, 0.3) is 0 Å². The van der Waals surface area contributed by atoms with E-state index in [1.807, 2.05) is 4.90 Å². The number of ether oxygens (including phenoxy) is 1. The normalized spacial score (nSPS) is 24.2. The molecule has 6 nitrogen and oxygen atoms in total. The number of nitrogens with zero attached hydrogens (tertiary/aromatic N) is 3. The first-order chi connectivity index (χ1) is 10.3. The summed E-state index contributed by atoms with van der Waals surface area (Å²) < 4.78 is 10.5. The fourth-order valence-electron chi connectivity index (χ4n) is 3.19. The average molecular weight is 293 g/mol. The molecule has 6 heteroatoms. The number of likely N-dealkylation sites (tertiary alicyclic amines) is 1. The first-order valence-electron chi connectivity index (χ1n) is 7.84. The molecule has 0 radical (unpaired) electrons.